The fraction of sp³-hybridized carbons (Fsp3) is 0.167. The zero-order valence-corrected chi connectivity index (χ0v) is 18.6. The van der Waals surface area contributed by atoms with E-state index in [1.165, 1.54) is 23.4 Å². The molecule has 0 bridgehead atoms. The summed E-state index contributed by atoms with van der Waals surface area (Å²) in [6.45, 7) is 3.78. The highest BCUT2D eigenvalue weighted by Crippen LogP contribution is 2.28. The van der Waals surface area contributed by atoms with Crippen LogP contribution in [0.3, 0.4) is 0 Å². The van der Waals surface area contributed by atoms with E-state index >= 15 is 0 Å². The van der Waals surface area contributed by atoms with Crippen molar-refractivity contribution in [2.75, 3.05) is 11.1 Å². The maximum absolute atomic E-state index is 13.8. The molecule has 6 nitrogen and oxygen atoms in total. The van der Waals surface area contributed by atoms with Crippen LogP contribution in [0, 0.1) is 12.7 Å². The van der Waals surface area contributed by atoms with Crippen LogP contribution in [0.5, 0.6) is 0 Å². The fourth-order valence-electron chi connectivity index (χ4n) is 3.16. The topological polar surface area (TPSA) is 72.7 Å². The molecule has 0 saturated heterocycles. The van der Waals surface area contributed by atoms with Crippen molar-refractivity contribution in [2.24, 2.45) is 0 Å². The van der Waals surface area contributed by atoms with E-state index in [1.807, 2.05) is 28.8 Å². The van der Waals surface area contributed by atoms with Crippen molar-refractivity contribution >= 4 is 23.4 Å². The number of hydrogen-bond donors (Lipinski definition) is 1. The largest absolute Gasteiger partial charge is 0.325 e. The van der Waals surface area contributed by atoms with Crippen LogP contribution in [0.25, 0.3) is 17.1 Å². The van der Waals surface area contributed by atoms with Gasteiger partial charge >= 0.3 is 0 Å². The first-order valence-electron chi connectivity index (χ1n) is 10.2. The number of pyridine rings is 1. The van der Waals surface area contributed by atoms with Crippen LogP contribution in [-0.2, 0) is 11.2 Å². The van der Waals surface area contributed by atoms with Crippen molar-refractivity contribution in [3.8, 4) is 17.1 Å². The number of nitrogens with one attached hydrogen (secondary N) is 1. The molecule has 0 fully saturated rings. The summed E-state index contributed by atoms with van der Waals surface area (Å²) in [5.74, 6) is 0.171. The molecule has 0 aliphatic heterocycles. The molecule has 0 aliphatic rings. The smallest absolute Gasteiger partial charge is 0.234 e. The average Bonchev–Trinajstić information content (AvgIpc) is 3.25. The first-order valence-corrected chi connectivity index (χ1v) is 11.2. The Hall–Kier alpha value is -3.52. The molecular weight excluding hydrogens is 425 g/mol. The van der Waals surface area contributed by atoms with Crippen molar-refractivity contribution in [2.45, 2.75) is 25.4 Å². The summed E-state index contributed by atoms with van der Waals surface area (Å²) in [6, 6.07) is 16.5. The Labute approximate surface area is 189 Å². The molecule has 0 atom stereocenters. The van der Waals surface area contributed by atoms with E-state index in [1.54, 1.807) is 31.5 Å². The summed E-state index contributed by atoms with van der Waals surface area (Å²) in [5, 5.41) is 12.0. The number of carbonyl (C=O) groups is 1. The third-order valence-corrected chi connectivity index (χ3v) is 5.89. The molecule has 8 heteroatoms. The minimum Gasteiger partial charge on any atom is -0.325 e. The van der Waals surface area contributed by atoms with E-state index in [0.29, 0.717) is 22.2 Å². The van der Waals surface area contributed by atoms with Crippen LogP contribution in [0.2, 0.25) is 0 Å². The molecule has 1 amide bonds. The van der Waals surface area contributed by atoms with Crippen LogP contribution >= 0.6 is 11.8 Å². The maximum Gasteiger partial charge on any atom is 0.234 e. The second-order valence-electron chi connectivity index (χ2n) is 7.20. The third-order valence-electron chi connectivity index (χ3n) is 4.96. The Morgan fingerprint density at radius 1 is 1.06 bits per heavy atom. The van der Waals surface area contributed by atoms with Crippen LogP contribution < -0.4 is 5.32 Å². The van der Waals surface area contributed by atoms with Gasteiger partial charge in [0.2, 0.25) is 5.91 Å². The van der Waals surface area contributed by atoms with Gasteiger partial charge in [0.1, 0.15) is 5.82 Å². The van der Waals surface area contributed by atoms with Crippen LogP contribution in [0.4, 0.5) is 10.1 Å². The molecule has 0 saturated carbocycles. The van der Waals surface area contributed by atoms with E-state index < -0.39 is 0 Å². The molecule has 0 spiro atoms. The maximum atomic E-state index is 13.8. The lowest BCUT2D eigenvalue weighted by Gasteiger charge is -2.11. The highest BCUT2D eigenvalue weighted by molar-refractivity contribution is 7.99. The Bertz CT molecular complexity index is 1230. The summed E-state index contributed by atoms with van der Waals surface area (Å²) in [4.78, 5) is 16.5. The summed E-state index contributed by atoms with van der Waals surface area (Å²) >= 11 is 1.27. The van der Waals surface area contributed by atoms with E-state index in [2.05, 4.69) is 39.6 Å². The highest BCUT2D eigenvalue weighted by Gasteiger charge is 2.17. The monoisotopic (exact) mass is 447 g/mol. The fourth-order valence-corrected chi connectivity index (χ4v) is 3.91. The van der Waals surface area contributed by atoms with Crippen molar-refractivity contribution in [1.82, 2.24) is 19.7 Å². The van der Waals surface area contributed by atoms with E-state index in [9.17, 15) is 9.18 Å². The van der Waals surface area contributed by atoms with Crippen LogP contribution in [-0.4, -0.2) is 31.4 Å². The number of amides is 1. The Morgan fingerprint density at radius 2 is 1.81 bits per heavy atom. The van der Waals surface area contributed by atoms with Gasteiger partial charge in [0.15, 0.2) is 11.0 Å². The van der Waals surface area contributed by atoms with E-state index in [0.717, 1.165) is 17.7 Å². The minimum absolute atomic E-state index is 0.108. The molecule has 0 unspecified atom stereocenters. The summed E-state index contributed by atoms with van der Waals surface area (Å²) < 4.78 is 15.7. The summed E-state index contributed by atoms with van der Waals surface area (Å²) in [5.41, 5.74) is 3.96. The second kappa shape index (κ2) is 9.74. The van der Waals surface area contributed by atoms with Crippen molar-refractivity contribution < 1.29 is 9.18 Å². The van der Waals surface area contributed by atoms with Gasteiger partial charge in [-0.3, -0.25) is 14.3 Å². The summed E-state index contributed by atoms with van der Waals surface area (Å²) in [6.07, 6.45) is 4.35. The Kier molecular flexibility index (Phi) is 6.61. The number of thioether (sulfide) groups is 1. The molecular formula is C24H22FN5OS. The number of hydrogen-bond acceptors (Lipinski definition) is 5. The number of halogens is 1. The first-order chi connectivity index (χ1) is 15.5. The van der Waals surface area contributed by atoms with Gasteiger partial charge in [-0.15, -0.1) is 10.2 Å². The molecule has 2 aromatic heterocycles. The Balaban J connectivity index is 1.58. The predicted molar refractivity (Wildman–Crippen MR) is 124 cm³/mol. The number of carbonyl (C=O) groups excluding carboxylic acids is 1. The zero-order valence-electron chi connectivity index (χ0n) is 17.7. The zero-order chi connectivity index (χ0) is 22.5. The molecule has 162 valence electrons. The molecule has 0 radical (unpaired) electrons. The lowest BCUT2D eigenvalue weighted by molar-refractivity contribution is -0.113. The first kappa shape index (κ1) is 21.7. The van der Waals surface area contributed by atoms with Gasteiger partial charge in [0.25, 0.3) is 0 Å². The van der Waals surface area contributed by atoms with Gasteiger partial charge in [0, 0.05) is 29.3 Å². The number of benzene rings is 2. The van der Waals surface area contributed by atoms with Gasteiger partial charge in [0.05, 0.1) is 5.75 Å². The quantitative estimate of drug-likeness (QED) is 0.401. The SMILES string of the molecule is CCc1ccc(-n2c(SCC(=O)Nc3ccc(C)c(F)c3)nnc2-c2ccncc2)cc1. The summed E-state index contributed by atoms with van der Waals surface area (Å²) in [7, 11) is 0. The lowest BCUT2D eigenvalue weighted by Crippen LogP contribution is -2.14. The second-order valence-corrected chi connectivity index (χ2v) is 8.14. The van der Waals surface area contributed by atoms with Crippen LogP contribution in [0.15, 0.2) is 72.1 Å². The molecule has 2 heterocycles. The molecule has 1 N–H and O–H groups in total. The number of nitrogens with zero attached hydrogens (tertiary/aromatic N) is 4. The standard InChI is InChI=1S/C24H22FN5OS/c1-3-17-5-8-20(9-6-17)30-23(18-10-12-26-13-11-18)28-29-24(30)32-15-22(31)27-19-7-4-16(2)21(25)14-19/h4-14H,3,15H2,1-2H3,(H,27,31). The third kappa shape index (κ3) is 4.86. The molecule has 4 aromatic rings. The Morgan fingerprint density at radius 3 is 2.50 bits per heavy atom. The van der Waals surface area contributed by atoms with Gasteiger partial charge in [-0.05, 0) is 60.9 Å². The normalized spacial score (nSPS) is 10.8. The molecule has 0 aliphatic carbocycles. The molecule has 32 heavy (non-hydrogen) atoms. The van der Waals surface area contributed by atoms with Gasteiger partial charge < -0.3 is 5.32 Å². The average molecular weight is 448 g/mol. The number of aryl methyl sites for hydroxylation is 2. The van der Waals surface area contributed by atoms with Gasteiger partial charge in [-0.2, -0.15) is 0 Å². The highest BCUT2D eigenvalue weighted by atomic mass is 32.2. The van der Waals surface area contributed by atoms with Crippen LogP contribution in [0.1, 0.15) is 18.1 Å². The van der Waals surface area contributed by atoms with Crippen molar-refractivity contribution in [3.05, 3.63) is 83.9 Å². The number of anilines is 1. The lowest BCUT2D eigenvalue weighted by atomic mass is 10.1. The van der Waals surface area contributed by atoms with Crippen molar-refractivity contribution in [1.29, 1.82) is 0 Å². The van der Waals surface area contributed by atoms with E-state index in [-0.39, 0.29) is 17.5 Å². The predicted octanol–water partition coefficient (Wildman–Crippen LogP) is 5.07. The molecule has 2 aromatic carbocycles. The van der Waals surface area contributed by atoms with Gasteiger partial charge in [-0.25, -0.2) is 4.39 Å². The van der Waals surface area contributed by atoms with Crippen molar-refractivity contribution in [3.63, 3.8) is 0 Å². The number of rotatable bonds is 7. The molecule has 4 rings (SSSR count). The minimum atomic E-state index is -0.354. The van der Waals surface area contributed by atoms with E-state index in [4.69, 9.17) is 0 Å². The number of aromatic nitrogens is 4. The van der Waals surface area contributed by atoms with Gasteiger partial charge in [-0.1, -0.05) is 36.9 Å².